The van der Waals surface area contributed by atoms with Gasteiger partial charge in [0.2, 0.25) is 0 Å². The van der Waals surface area contributed by atoms with E-state index in [9.17, 15) is 0 Å². The molecule has 1 aromatic heterocycles. The van der Waals surface area contributed by atoms with E-state index in [1.807, 2.05) is 11.3 Å². The highest BCUT2D eigenvalue weighted by Crippen LogP contribution is 2.34. The second-order valence-corrected chi connectivity index (χ2v) is 6.58. The average Bonchev–Trinajstić information content (AvgIpc) is 2.86. The summed E-state index contributed by atoms with van der Waals surface area (Å²) in [5, 5.41) is 5.06. The van der Waals surface area contributed by atoms with Crippen molar-refractivity contribution >= 4 is 21.4 Å². The van der Waals surface area contributed by atoms with E-state index in [0.29, 0.717) is 6.04 Å². The Morgan fingerprint density at radius 2 is 1.71 bits per heavy atom. The molecule has 1 nitrogen and oxygen atoms in total. The van der Waals surface area contributed by atoms with E-state index < -0.39 is 0 Å². The van der Waals surface area contributed by atoms with Crippen molar-refractivity contribution in [3.63, 3.8) is 0 Å². The quantitative estimate of drug-likeness (QED) is 0.690. The minimum absolute atomic E-state index is 0.408. The molecule has 0 bridgehead atoms. The first-order valence-electron chi connectivity index (χ1n) is 7.51. The summed E-state index contributed by atoms with van der Waals surface area (Å²) in [4.78, 5) is 1.46. The summed E-state index contributed by atoms with van der Waals surface area (Å²) in [5.41, 5.74) is 2.82. The lowest BCUT2D eigenvalue weighted by atomic mass is 10.1. The summed E-state index contributed by atoms with van der Waals surface area (Å²) < 4.78 is 1.39. The fraction of sp³-hybridized carbons (Fsp3) is 0.263. The highest BCUT2D eigenvalue weighted by atomic mass is 32.1. The van der Waals surface area contributed by atoms with Crippen LogP contribution in [0.5, 0.6) is 0 Å². The molecule has 1 unspecified atom stereocenters. The molecule has 0 saturated carbocycles. The molecular formula is C19H21NS. The molecule has 1 N–H and O–H groups in total. The van der Waals surface area contributed by atoms with Crippen LogP contribution in [0.4, 0.5) is 0 Å². The van der Waals surface area contributed by atoms with Crippen molar-refractivity contribution in [1.29, 1.82) is 0 Å². The molecule has 0 radical (unpaired) electrons. The van der Waals surface area contributed by atoms with Gasteiger partial charge in [0, 0.05) is 15.6 Å². The molecule has 2 heteroatoms. The van der Waals surface area contributed by atoms with Crippen LogP contribution < -0.4 is 5.32 Å². The Hall–Kier alpha value is -1.64. The number of hydrogen-bond acceptors (Lipinski definition) is 2. The maximum Gasteiger partial charge on any atom is 0.0389 e. The van der Waals surface area contributed by atoms with E-state index in [1.54, 1.807) is 0 Å². The number of thiophene rings is 1. The van der Waals surface area contributed by atoms with Crippen LogP contribution in [0.3, 0.4) is 0 Å². The van der Waals surface area contributed by atoms with Crippen LogP contribution in [0.1, 0.15) is 29.0 Å². The Kier molecular flexibility index (Phi) is 4.37. The Morgan fingerprint density at radius 3 is 2.48 bits per heavy atom. The molecule has 0 spiro atoms. The SMILES string of the molecule is Cc1c(C(C)NCCc2ccccc2)sc2ccccc12. The van der Waals surface area contributed by atoms with Gasteiger partial charge in [-0.05, 0) is 49.4 Å². The normalized spacial score (nSPS) is 12.7. The maximum atomic E-state index is 3.66. The third kappa shape index (κ3) is 3.17. The third-order valence-electron chi connectivity index (χ3n) is 3.98. The highest BCUT2D eigenvalue weighted by Gasteiger charge is 2.13. The summed E-state index contributed by atoms with van der Waals surface area (Å²) >= 11 is 1.92. The van der Waals surface area contributed by atoms with Crippen molar-refractivity contribution in [2.75, 3.05) is 6.54 Å². The van der Waals surface area contributed by atoms with E-state index in [4.69, 9.17) is 0 Å². The molecule has 108 valence electrons. The largest absolute Gasteiger partial charge is 0.309 e. The number of nitrogens with one attached hydrogen (secondary N) is 1. The first-order chi connectivity index (χ1) is 10.3. The molecule has 0 aliphatic carbocycles. The van der Waals surface area contributed by atoms with Crippen molar-refractivity contribution in [2.24, 2.45) is 0 Å². The first-order valence-corrected chi connectivity index (χ1v) is 8.32. The number of fused-ring (bicyclic) bond motifs is 1. The minimum atomic E-state index is 0.408. The van der Waals surface area contributed by atoms with Gasteiger partial charge in [0.1, 0.15) is 0 Å². The van der Waals surface area contributed by atoms with Crippen molar-refractivity contribution in [1.82, 2.24) is 5.32 Å². The zero-order chi connectivity index (χ0) is 14.7. The summed E-state index contributed by atoms with van der Waals surface area (Å²) in [7, 11) is 0. The van der Waals surface area contributed by atoms with Gasteiger partial charge in [0.25, 0.3) is 0 Å². The zero-order valence-electron chi connectivity index (χ0n) is 12.6. The summed E-state index contributed by atoms with van der Waals surface area (Å²) in [5.74, 6) is 0. The van der Waals surface area contributed by atoms with Crippen LogP contribution in [-0.4, -0.2) is 6.54 Å². The van der Waals surface area contributed by atoms with Crippen molar-refractivity contribution < 1.29 is 0 Å². The summed E-state index contributed by atoms with van der Waals surface area (Å²) in [6.45, 7) is 5.52. The Morgan fingerprint density at radius 1 is 1.00 bits per heavy atom. The lowest BCUT2D eigenvalue weighted by Crippen LogP contribution is -2.21. The standard InChI is InChI=1S/C19H21NS/c1-14-17-10-6-7-11-18(17)21-19(14)15(2)20-13-12-16-8-4-3-5-9-16/h3-11,15,20H,12-13H2,1-2H3. The minimum Gasteiger partial charge on any atom is -0.309 e. The van der Waals surface area contributed by atoms with E-state index in [-0.39, 0.29) is 0 Å². The van der Waals surface area contributed by atoms with Gasteiger partial charge in [0.05, 0.1) is 0 Å². The first kappa shape index (κ1) is 14.3. The molecule has 3 rings (SSSR count). The predicted octanol–water partition coefficient (Wildman–Crippen LogP) is 5.10. The fourth-order valence-corrected chi connectivity index (χ4v) is 4.01. The van der Waals surface area contributed by atoms with E-state index in [0.717, 1.165) is 13.0 Å². The van der Waals surface area contributed by atoms with Crippen LogP contribution in [0.25, 0.3) is 10.1 Å². The Balaban J connectivity index is 1.67. The molecule has 3 aromatic rings. The predicted molar refractivity (Wildman–Crippen MR) is 93.1 cm³/mol. The number of benzene rings is 2. The van der Waals surface area contributed by atoms with Crippen molar-refractivity contribution in [3.8, 4) is 0 Å². The topological polar surface area (TPSA) is 12.0 Å². The van der Waals surface area contributed by atoms with Crippen molar-refractivity contribution in [2.45, 2.75) is 26.3 Å². The second-order valence-electron chi connectivity index (χ2n) is 5.50. The smallest absolute Gasteiger partial charge is 0.0389 e. The monoisotopic (exact) mass is 295 g/mol. The van der Waals surface area contributed by atoms with E-state index >= 15 is 0 Å². The van der Waals surface area contributed by atoms with E-state index in [2.05, 4.69) is 73.8 Å². The molecule has 0 fully saturated rings. The second kappa shape index (κ2) is 6.42. The van der Waals surface area contributed by atoms with Crippen LogP contribution in [0, 0.1) is 6.92 Å². The molecule has 0 amide bonds. The lowest BCUT2D eigenvalue weighted by Gasteiger charge is -2.13. The van der Waals surface area contributed by atoms with Crippen LogP contribution in [0.2, 0.25) is 0 Å². The van der Waals surface area contributed by atoms with Gasteiger partial charge in [-0.25, -0.2) is 0 Å². The van der Waals surface area contributed by atoms with Crippen LogP contribution in [-0.2, 0) is 6.42 Å². The number of rotatable bonds is 5. The maximum absolute atomic E-state index is 3.66. The van der Waals surface area contributed by atoms with Crippen LogP contribution in [0.15, 0.2) is 54.6 Å². The molecule has 2 aromatic carbocycles. The lowest BCUT2D eigenvalue weighted by molar-refractivity contribution is 0.583. The molecule has 0 saturated heterocycles. The van der Waals surface area contributed by atoms with Crippen molar-refractivity contribution in [3.05, 3.63) is 70.6 Å². The van der Waals surface area contributed by atoms with Gasteiger partial charge in [0.15, 0.2) is 0 Å². The Labute approximate surface area is 130 Å². The highest BCUT2D eigenvalue weighted by molar-refractivity contribution is 7.19. The van der Waals surface area contributed by atoms with Gasteiger partial charge in [-0.15, -0.1) is 11.3 Å². The van der Waals surface area contributed by atoms with Gasteiger partial charge in [-0.1, -0.05) is 48.5 Å². The molecule has 0 aliphatic rings. The third-order valence-corrected chi connectivity index (χ3v) is 5.44. The van der Waals surface area contributed by atoms with Gasteiger partial charge in [-0.3, -0.25) is 0 Å². The van der Waals surface area contributed by atoms with Gasteiger partial charge < -0.3 is 5.32 Å². The fourth-order valence-electron chi connectivity index (χ4n) is 2.78. The summed E-state index contributed by atoms with van der Waals surface area (Å²) in [6, 6.07) is 19.8. The number of aryl methyl sites for hydroxylation is 1. The van der Waals surface area contributed by atoms with E-state index in [1.165, 1.54) is 26.1 Å². The van der Waals surface area contributed by atoms with Gasteiger partial charge in [-0.2, -0.15) is 0 Å². The molecule has 1 heterocycles. The van der Waals surface area contributed by atoms with Crippen LogP contribution >= 0.6 is 11.3 Å². The molecule has 1 atom stereocenters. The zero-order valence-corrected chi connectivity index (χ0v) is 13.4. The number of hydrogen-bond donors (Lipinski definition) is 1. The molecular weight excluding hydrogens is 274 g/mol. The molecule has 0 aliphatic heterocycles. The summed E-state index contributed by atoms with van der Waals surface area (Å²) in [6.07, 6.45) is 1.08. The Bertz CT molecular complexity index is 715. The molecule has 21 heavy (non-hydrogen) atoms. The average molecular weight is 295 g/mol. The van der Waals surface area contributed by atoms with Gasteiger partial charge >= 0.3 is 0 Å².